The van der Waals surface area contributed by atoms with Crippen LogP contribution in [0.1, 0.15) is 39.0 Å². The summed E-state index contributed by atoms with van der Waals surface area (Å²) in [6.45, 7) is 8.34. The zero-order valence-electron chi connectivity index (χ0n) is 11.6. The third-order valence-electron chi connectivity index (χ3n) is 4.33. The Morgan fingerprint density at radius 2 is 2.22 bits per heavy atom. The van der Waals surface area contributed by atoms with Crippen LogP contribution in [0.2, 0.25) is 0 Å². The van der Waals surface area contributed by atoms with Crippen molar-refractivity contribution in [2.75, 3.05) is 39.3 Å². The van der Waals surface area contributed by atoms with Crippen molar-refractivity contribution >= 4 is 5.91 Å². The van der Waals surface area contributed by atoms with Crippen LogP contribution >= 0.6 is 0 Å². The number of likely N-dealkylation sites (tertiary alicyclic amines) is 1. The molecule has 0 aliphatic carbocycles. The number of hydrogen-bond acceptors (Lipinski definition) is 3. The fourth-order valence-electron chi connectivity index (χ4n) is 3.42. The molecule has 0 radical (unpaired) electrons. The molecule has 2 rings (SSSR count). The van der Waals surface area contributed by atoms with Crippen LogP contribution in [0.3, 0.4) is 0 Å². The van der Waals surface area contributed by atoms with Gasteiger partial charge < -0.3 is 15.5 Å². The first kappa shape index (κ1) is 13.8. The highest BCUT2D eigenvalue weighted by Gasteiger charge is 2.36. The van der Waals surface area contributed by atoms with Crippen molar-refractivity contribution in [3.8, 4) is 0 Å². The molecule has 18 heavy (non-hydrogen) atoms. The number of piperidine rings is 2. The second-order valence-corrected chi connectivity index (χ2v) is 5.86. The minimum atomic E-state index is 0.193. The van der Waals surface area contributed by atoms with Gasteiger partial charge in [0.1, 0.15) is 0 Å². The molecule has 2 aliphatic rings. The summed E-state index contributed by atoms with van der Waals surface area (Å²) >= 11 is 0. The molecule has 0 bridgehead atoms. The zero-order valence-corrected chi connectivity index (χ0v) is 11.6. The summed E-state index contributed by atoms with van der Waals surface area (Å²) in [5.74, 6) is 0.193. The number of nitrogens with zero attached hydrogens (tertiary/aromatic N) is 1. The van der Waals surface area contributed by atoms with Crippen LogP contribution in [-0.2, 0) is 4.79 Å². The number of hydrogen-bond donors (Lipinski definition) is 2. The van der Waals surface area contributed by atoms with Crippen LogP contribution < -0.4 is 10.6 Å². The molecule has 1 atom stereocenters. The predicted octanol–water partition coefficient (Wildman–Crippen LogP) is 0.978. The number of nitrogens with one attached hydrogen (secondary N) is 2. The largest absolute Gasteiger partial charge is 0.356 e. The number of rotatable bonds is 4. The van der Waals surface area contributed by atoms with E-state index in [9.17, 15) is 4.79 Å². The van der Waals surface area contributed by atoms with E-state index in [2.05, 4.69) is 15.5 Å². The number of carbonyl (C=O) groups is 1. The average Bonchev–Trinajstić information content (AvgIpc) is 2.38. The highest BCUT2D eigenvalue weighted by Crippen LogP contribution is 2.35. The molecule has 4 heteroatoms. The maximum absolute atomic E-state index is 11.5. The molecule has 0 aromatic carbocycles. The van der Waals surface area contributed by atoms with E-state index in [1.165, 1.54) is 51.9 Å². The smallest absolute Gasteiger partial charge is 0.221 e. The van der Waals surface area contributed by atoms with Crippen LogP contribution in [-0.4, -0.2) is 50.1 Å². The van der Waals surface area contributed by atoms with E-state index in [4.69, 9.17) is 0 Å². The van der Waals surface area contributed by atoms with Crippen molar-refractivity contribution in [2.45, 2.75) is 39.0 Å². The standard InChI is InChI=1S/C14H27N3O/c1-2-16-13(18)5-10-17-9-4-7-14(12-17)6-3-8-15-11-14/h15H,2-12H2,1H3,(H,16,18). The second kappa shape index (κ2) is 6.53. The molecule has 2 saturated heterocycles. The van der Waals surface area contributed by atoms with Gasteiger partial charge >= 0.3 is 0 Å². The van der Waals surface area contributed by atoms with Gasteiger partial charge in [-0.2, -0.15) is 0 Å². The summed E-state index contributed by atoms with van der Waals surface area (Å²) in [5, 5.41) is 6.42. The summed E-state index contributed by atoms with van der Waals surface area (Å²) < 4.78 is 0. The molecule has 104 valence electrons. The molecule has 0 saturated carbocycles. The summed E-state index contributed by atoms with van der Waals surface area (Å²) in [6, 6.07) is 0. The lowest BCUT2D eigenvalue weighted by atomic mass is 9.74. The van der Waals surface area contributed by atoms with E-state index in [1.54, 1.807) is 0 Å². The van der Waals surface area contributed by atoms with Gasteiger partial charge in [-0.1, -0.05) is 0 Å². The highest BCUT2D eigenvalue weighted by atomic mass is 16.1. The van der Waals surface area contributed by atoms with Crippen molar-refractivity contribution in [2.24, 2.45) is 5.41 Å². The molecule has 4 nitrogen and oxygen atoms in total. The van der Waals surface area contributed by atoms with Gasteiger partial charge in [-0.25, -0.2) is 0 Å². The summed E-state index contributed by atoms with van der Waals surface area (Å²) in [4.78, 5) is 14.0. The Bertz CT molecular complexity index is 269. The van der Waals surface area contributed by atoms with E-state index >= 15 is 0 Å². The molecule has 1 amide bonds. The maximum Gasteiger partial charge on any atom is 0.221 e. The Labute approximate surface area is 110 Å². The molecule has 0 aromatic rings. The van der Waals surface area contributed by atoms with Crippen LogP contribution in [0.5, 0.6) is 0 Å². The van der Waals surface area contributed by atoms with E-state index in [-0.39, 0.29) is 5.91 Å². The minimum absolute atomic E-state index is 0.193. The Morgan fingerprint density at radius 1 is 1.39 bits per heavy atom. The fourth-order valence-corrected chi connectivity index (χ4v) is 3.42. The lowest BCUT2D eigenvalue weighted by Gasteiger charge is -2.45. The SMILES string of the molecule is CCNC(=O)CCN1CCCC2(CCCNC2)C1. The van der Waals surface area contributed by atoms with Crippen molar-refractivity contribution in [3.05, 3.63) is 0 Å². The molecule has 2 N–H and O–H groups in total. The molecular formula is C14H27N3O. The van der Waals surface area contributed by atoms with Gasteiger partial charge in [0.15, 0.2) is 0 Å². The van der Waals surface area contributed by atoms with Crippen molar-refractivity contribution < 1.29 is 4.79 Å². The predicted molar refractivity (Wildman–Crippen MR) is 73.5 cm³/mol. The first-order valence-corrected chi connectivity index (χ1v) is 7.44. The van der Waals surface area contributed by atoms with Gasteiger partial charge in [-0.05, 0) is 51.1 Å². The third kappa shape index (κ3) is 3.69. The molecule has 2 fully saturated rings. The number of carbonyl (C=O) groups excluding carboxylic acids is 1. The van der Waals surface area contributed by atoms with Crippen LogP contribution in [0.25, 0.3) is 0 Å². The third-order valence-corrected chi connectivity index (χ3v) is 4.33. The molecule has 0 aromatic heterocycles. The van der Waals surface area contributed by atoms with Crippen molar-refractivity contribution in [3.63, 3.8) is 0 Å². The van der Waals surface area contributed by atoms with Crippen LogP contribution in [0.4, 0.5) is 0 Å². The molecule has 2 aliphatic heterocycles. The van der Waals surface area contributed by atoms with E-state index < -0.39 is 0 Å². The second-order valence-electron chi connectivity index (χ2n) is 5.86. The number of amides is 1. The summed E-state index contributed by atoms with van der Waals surface area (Å²) in [7, 11) is 0. The monoisotopic (exact) mass is 253 g/mol. The van der Waals surface area contributed by atoms with Gasteiger partial charge in [-0.3, -0.25) is 4.79 Å². The maximum atomic E-state index is 11.5. The Balaban J connectivity index is 1.77. The van der Waals surface area contributed by atoms with Gasteiger partial charge in [0, 0.05) is 32.6 Å². The Morgan fingerprint density at radius 3 is 2.94 bits per heavy atom. The van der Waals surface area contributed by atoms with Gasteiger partial charge in [0.05, 0.1) is 0 Å². The molecule has 1 unspecified atom stereocenters. The average molecular weight is 253 g/mol. The molecule has 2 heterocycles. The first-order valence-electron chi connectivity index (χ1n) is 7.44. The lowest BCUT2D eigenvalue weighted by Crippen LogP contribution is -2.51. The van der Waals surface area contributed by atoms with E-state index in [0.29, 0.717) is 11.8 Å². The Hall–Kier alpha value is -0.610. The van der Waals surface area contributed by atoms with Gasteiger partial charge in [0.25, 0.3) is 0 Å². The van der Waals surface area contributed by atoms with Gasteiger partial charge in [-0.15, -0.1) is 0 Å². The topological polar surface area (TPSA) is 44.4 Å². The first-order chi connectivity index (χ1) is 8.74. The minimum Gasteiger partial charge on any atom is -0.356 e. The van der Waals surface area contributed by atoms with E-state index in [1.807, 2.05) is 6.92 Å². The van der Waals surface area contributed by atoms with Crippen molar-refractivity contribution in [1.29, 1.82) is 0 Å². The lowest BCUT2D eigenvalue weighted by molar-refractivity contribution is -0.121. The molecule has 1 spiro atoms. The normalized spacial score (nSPS) is 29.4. The summed E-state index contributed by atoms with van der Waals surface area (Å²) in [6.07, 6.45) is 5.97. The molecular weight excluding hydrogens is 226 g/mol. The van der Waals surface area contributed by atoms with Gasteiger partial charge in [0.2, 0.25) is 5.91 Å². The highest BCUT2D eigenvalue weighted by molar-refractivity contribution is 5.75. The zero-order chi connectivity index (χ0) is 12.8. The summed E-state index contributed by atoms with van der Waals surface area (Å²) in [5.41, 5.74) is 0.498. The van der Waals surface area contributed by atoms with Crippen molar-refractivity contribution in [1.82, 2.24) is 15.5 Å². The van der Waals surface area contributed by atoms with Crippen LogP contribution in [0, 0.1) is 5.41 Å². The quantitative estimate of drug-likeness (QED) is 0.785. The Kier molecular flexibility index (Phi) is 5.01. The van der Waals surface area contributed by atoms with E-state index in [0.717, 1.165) is 13.1 Å². The fraction of sp³-hybridized carbons (Fsp3) is 0.929. The van der Waals surface area contributed by atoms with Crippen LogP contribution in [0.15, 0.2) is 0 Å².